The molecule has 0 spiro atoms. The van der Waals surface area contributed by atoms with E-state index in [2.05, 4.69) is 23.8 Å². The van der Waals surface area contributed by atoms with E-state index < -0.39 is 76.0 Å². The standard InChI is InChI=1S/C21H27N7O12P2S/c22-17-14-19(25-8-24-17)28(9-26-14)20-16(31)15(30)13(39-20)7-38-42(35,36)40-41(33,34)37-6-11-4-12(29)21(43-11)27-3-1-2-10(5-27)18(23)32/h1-3,5,8-9,11-13,15-16,20-21,29-31H,4,6-7H2,(H5-,22,23,24,25,32,33,34,35,36)/t11-,12+,13+,15+,16+,20+,21+/m0/s1. The van der Waals surface area contributed by atoms with Crippen LogP contribution >= 0.6 is 27.4 Å². The first kappa shape index (κ1) is 31.8. The Morgan fingerprint density at radius 2 is 1.98 bits per heavy atom. The van der Waals surface area contributed by atoms with Gasteiger partial charge in [0.1, 0.15) is 41.8 Å². The number of carbonyl (C=O) groups excluding carboxylic acids is 1. The van der Waals surface area contributed by atoms with Crippen molar-refractivity contribution in [1.29, 1.82) is 0 Å². The van der Waals surface area contributed by atoms with Crippen LogP contribution in [-0.2, 0) is 27.2 Å². The molecule has 0 aliphatic carbocycles. The molecule has 3 aromatic heterocycles. The van der Waals surface area contributed by atoms with Crippen molar-refractivity contribution >= 4 is 50.3 Å². The fourth-order valence-electron chi connectivity index (χ4n) is 4.57. The predicted molar refractivity (Wildman–Crippen MR) is 142 cm³/mol. The number of carbonyl (C=O) groups is 1. The molecule has 5 heterocycles. The number of nitrogens with two attached hydrogens (primary N) is 2. The number of amides is 1. The first-order valence-electron chi connectivity index (χ1n) is 12.5. The van der Waals surface area contributed by atoms with Gasteiger partial charge in [-0.05, 0) is 12.5 Å². The number of primary amides is 1. The molecule has 1 amide bonds. The highest BCUT2D eigenvalue weighted by molar-refractivity contribution is 8.00. The van der Waals surface area contributed by atoms with E-state index in [0.717, 1.165) is 18.1 Å². The van der Waals surface area contributed by atoms with Gasteiger partial charge >= 0.3 is 7.82 Å². The number of aromatic nitrogens is 5. The molecule has 0 radical (unpaired) electrons. The molecule has 2 fully saturated rings. The maximum atomic E-state index is 12.4. The molecular weight excluding hydrogens is 636 g/mol. The van der Waals surface area contributed by atoms with Crippen LogP contribution in [0.4, 0.5) is 5.82 Å². The summed E-state index contributed by atoms with van der Waals surface area (Å²) < 4.78 is 46.8. The van der Waals surface area contributed by atoms with Crippen molar-refractivity contribution in [2.45, 2.75) is 47.7 Å². The van der Waals surface area contributed by atoms with Gasteiger partial charge in [-0.2, -0.15) is 4.57 Å². The Morgan fingerprint density at radius 3 is 2.72 bits per heavy atom. The Labute approximate surface area is 246 Å². The number of phosphoric ester groups is 2. The van der Waals surface area contributed by atoms with Gasteiger partial charge in [0.15, 0.2) is 30.1 Å². The molecule has 2 saturated heterocycles. The number of pyridine rings is 1. The molecule has 19 nitrogen and oxygen atoms in total. The van der Waals surface area contributed by atoms with Crippen LogP contribution in [0.3, 0.4) is 0 Å². The van der Waals surface area contributed by atoms with Crippen LogP contribution in [0.2, 0.25) is 0 Å². The van der Waals surface area contributed by atoms with Crippen LogP contribution in [0.5, 0.6) is 0 Å². The molecule has 2 aliphatic heterocycles. The van der Waals surface area contributed by atoms with E-state index in [9.17, 15) is 39.0 Å². The second-order valence-corrected chi connectivity index (χ2v) is 14.0. The lowest BCUT2D eigenvalue weighted by molar-refractivity contribution is -0.705. The highest BCUT2D eigenvalue weighted by Crippen LogP contribution is 2.59. The molecular formula is C21H27N7O12P2S. The summed E-state index contributed by atoms with van der Waals surface area (Å²) in [5, 5.41) is 30.2. The van der Waals surface area contributed by atoms with Gasteiger partial charge < -0.3 is 45.8 Å². The monoisotopic (exact) mass is 663 g/mol. The van der Waals surface area contributed by atoms with E-state index >= 15 is 0 Å². The van der Waals surface area contributed by atoms with Crippen LogP contribution in [0, 0.1) is 0 Å². The quantitative estimate of drug-likeness (QED) is 0.0964. The van der Waals surface area contributed by atoms with E-state index in [0.29, 0.717) is 0 Å². The summed E-state index contributed by atoms with van der Waals surface area (Å²) in [6.07, 6.45) is -1.25. The maximum Gasteiger partial charge on any atom is 0.478 e. The van der Waals surface area contributed by atoms with Gasteiger partial charge in [-0.25, -0.2) is 23.8 Å². The van der Waals surface area contributed by atoms with Crippen molar-refractivity contribution in [2.24, 2.45) is 5.73 Å². The van der Waals surface area contributed by atoms with Crippen molar-refractivity contribution in [2.75, 3.05) is 18.9 Å². The van der Waals surface area contributed by atoms with Crippen molar-refractivity contribution in [3.05, 3.63) is 42.7 Å². The number of nitrogen functional groups attached to an aromatic ring is 1. The normalized spacial score (nSPS) is 30.3. The molecule has 2 aliphatic rings. The maximum absolute atomic E-state index is 12.4. The number of thioether (sulfide) groups is 1. The van der Waals surface area contributed by atoms with Gasteiger partial charge in [0.25, 0.3) is 13.7 Å². The highest BCUT2D eigenvalue weighted by atomic mass is 32.2. The second kappa shape index (κ2) is 12.4. The first-order valence-corrected chi connectivity index (χ1v) is 16.4. The van der Waals surface area contributed by atoms with E-state index in [4.69, 9.17) is 20.7 Å². The van der Waals surface area contributed by atoms with Gasteiger partial charge in [-0.3, -0.25) is 18.5 Å². The summed E-state index contributed by atoms with van der Waals surface area (Å²) in [6, 6.07) is 3.07. The smallest absolute Gasteiger partial charge is 0.478 e. The first-order chi connectivity index (χ1) is 20.2. The predicted octanol–water partition coefficient (Wildman–Crippen LogP) is -1.90. The average molecular weight is 663 g/mol. The average Bonchev–Trinajstić information content (AvgIpc) is 3.62. The van der Waals surface area contributed by atoms with Crippen LogP contribution in [0.25, 0.3) is 11.2 Å². The van der Waals surface area contributed by atoms with Gasteiger partial charge in [0.05, 0.1) is 19.5 Å². The van der Waals surface area contributed by atoms with Gasteiger partial charge in [0, 0.05) is 11.3 Å². The molecule has 0 saturated carbocycles. The Morgan fingerprint density at radius 1 is 1.21 bits per heavy atom. The van der Waals surface area contributed by atoms with E-state index in [1.807, 2.05) is 0 Å². The number of hydrogen-bond donors (Lipinski definition) is 6. The third kappa shape index (κ3) is 7.06. The SMILES string of the molecule is NC(=O)c1ccc[n+]([C@@H]2S[C@H](COP(=O)(O)OP(=O)([O-])OC[C@H]3O[C@@H](n4cnc5c(N)ncnc54)[C@H](O)[C@@H]3O)C[C@H]2O)c1. The minimum Gasteiger partial charge on any atom is -0.756 e. The van der Waals surface area contributed by atoms with Crippen LogP contribution in [-0.4, -0.2) is 88.5 Å². The molecule has 3 aromatic rings. The Bertz CT molecular complexity index is 1600. The van der Waals surface area contributed by atoms with Crippen LogP contribution in [0.1, 0.15) is 28.4 Å². The van der Waals surface area contributed by atoms with E-state index in [1.165, 1.54) is 23.2 Å². The van der Waals surface area contributed by atoms with Gasteiger partial charge in [-0.15, -0.1) is 0 Å². The molecule has 9 atom stereocenters. The molecule has 2 unspecified atom stereocenters. The van der Waals surface area contributed by atoms with Gasteiger partial charge in [0.2, 0.25) is 5.37 Å². The molecule has 0 aromatic carbocycles. The van der Waals surface area contributed by atoms with Crippen LogP contribution < -0.4 is 20.9 Å². The minimum atomic E-state index is -5.51. The molecule has 0 bridgehead atoms. The number of nitrogens with zero attached hydrogens (tertiary/aromatic N) is 5. The molecule has 8 N–H and O–H groups in total. The fraction of sp³-hybridized carbons (Fsp3) is 0.476. The van der Waals surface area contributed by atoms with Crippen LogP contribution in [0.15, 0.2) is 37.2 Å². The molecule has 5 rings (SSSR count). The number of anilines is 1. The summed E-state index contributed by atoms with van der Waals surface area (Å²) in [7, 11) is -10.7. The number of aliphatic hydroxyl groups is 3. The number of ether oxygens (including phenoxy) is 1. The van der Waals surface area contributed by atoms with E-state index in [1.54, 1.807) is 16.8 Å². The third-order valence-corrected chi connectivity index (χ3v) is 10.7. The summed E-state index contributed by atoms with van der Waals surface area (Å²) in [5.74, 6) is -0.597. The number of fused-ring (bicyclic) bond motifs is 1. The number of imidazole rings is 1. The fourth-order valence-corrected chi connectivity index (χ4v) is 8.17. The summed E-state index contributed by atoms with van der Waals surface area (Å²) in [6.45, 7) is -1.37. The Balaban J connectivity index is 1.14. The zero-order valence-electron chi connectivity index (χ0n) is 21.9. The third-order valence-electron chi connectivity index (χ3n) is 6.59. The summed E-state index contributed by atoms with van der Waals surface area (Å²) in [4.78, 5) is 45.7. The molecule has 234 valence electrons. The molecule has 43 heavy (non-hydrogen) atoms. The summed E-state index contributed by atoms with van der Waals surface area (Å²) in [5.41, 5.74) is 11.6. The lowest BCUT2D eigenvalue weighted by atomic mass is 10.1. The zero-order valence-corrected chi connectivity index (χ0v) is 24.5. The number of hydrogen-bond acceptors (Lipinski definition) is 16. The Kier molecular flexibility index (Phi) is 9.20. The zero-order chi connectivity index (χ0) is 31.1. The van der Waals surface area contributed by atoms with Gasteiger partial charge in [-0.1, -0.05) is 11.8 Å². The second-order valence-electron chi connectivity index (χ2n) is 9.57. The lowest BCUT2D eigenvalue weighted by Crippen LogP contribution is -2.42. The van der Waals surface area contributed by atoms with Crippen molar-refractivity contribution in [1.82, 2.24) is 19.5 Å². The summed E-state index contributed by atoms with van der Waals surface area (Å²) >= 11 is 1.16. The largest absolute Gasteiger partial charge is 0.756 e. The molecule has 22 heteroatoms. The van der Waals surface area contributed by atoms with Crippen molar-refractivity contribution < 1.29 is 61.7 Å². The highest BCUT2D eigenvalue weighted by Gasteiger charge is 2.46. The topological polar surface area (TPSA) is 292 Å². The van der Waals surface area contributed by atoms with Crippen molar-refractivity contribution in [3.63, 3.8) is 0 Å². The number of phosphoric acid groups is 2. The lowest BCUT2D eigenvalue weighted by Gasteiger charge is -2.26. The Hall–Kier alpha value is -2.58. The number of rotatable bonds is 11. The minimum absolute atomic E-state index is 0.0631. The number of aliphatic hydroxyl groups excluding tert-OH is 3. The van der Waals surface area contributed by atoms with Crippen molar-refractivity contribution in [3.8, 4) is 0 Å². The van der Waals surface area contributed by atoms with E-state index in [-0.39, 0.29) is 29.0 Å².